The van der Waals surface area contributed by atoms with Crippen molar-refractivity contribution in [1.82, 2.24) is 14.3 Å². The Kier molecular flexibility index (Phi) is 4.73. The average Bonchev–Trinajstić information content (AvgIpc) is 2.26. The maximum absolute atomic E-state index is 12.3. The molecule has 0 saturated heterocycles. The normalized spacial score (nSPS) is 12.8. The van der Waals surface area contributed by atoms with E-state index in [4.69, 9.17) is 5.11 Å². The van der Waals surface area contributed by atoms with Gasteiger partial charge in [-0.1, -0.05) is 0 Å². The van der Waals surface area contributed by atoms with E-state index >= 15 is 0 Å². The molecule has 12 heteroatoms. The third-order valence-electron chi connectivity index (χ3n) is 2.11. The van der Waals surface area contributed by atoms with E-state index < -0.39 is 52.0 Å². The van der Waals surface area contributed by atoms with Gasteiger partial charge in [-0.2, -0.15) is 17.5 Å². The number of rotatable bonds is 5. The monoisotopic (exact) mass is 317 g/mol. The minimum atomic E-state index is -4.85. The molecule has 0 atom stereocenters. The van der Waals surface area contributed by atoms with Gasteiger partial charge >= 0.3 is 11.9 Å². The molecule has 0 amide bonds. The molecular formula is C8H10F3N3O5S. The molecule has 114 valence electrons. The summed E-state index contributed by atoms with van der Waals surface area (Å²) in [4.78, 5) is 24.5. The maximum Gasteiger partial charge on any atom is 0.402 e. The van der Waals surface area contributed by atoms with E-state index in [0.717, 1.165) is 0 Å². The van der Waals surface area contributed by atoms with Gasteiger partial charge in [-0.15, -0.1) is 0 Å². The highest BCUT2D eigenvalue weighted by Crippen LogP contribution is 2.20. The number of aromatic nitrogens is 2. The third-order valence-corrected chi connectivity index (χ3v) is 3.96. The van der Waals surface area contributed by atoms with Crippen LogP contribution in [0, 0.1) is 0 Å². The number of alkyl halides is 3. The molecule has 1 aromatic rings. The van der Waals surface area contributed by atoms with Crippen LogP contribution in [0.25, 0.3) is 0 Å². The maximum atomic E-state index is 12.3. The second kappa shape index (κ2) is 5.76. The van der Waals surface area contributed by atoms with Crippen molar-refractivity contribution in [2.24, 2.45) is 0 Å². The Morgan fingerprint density at radius 1 is 1.30 bits per heavy atom. The molecule has 0 saturated carbocycles. The summed E-state index contributed by atoms with van der Waals surface area (Å²) >= 11 is 0. The van der Waals surface area contributed by atoms with Gasteiger partial charge in [0.25, 0.3) is 5.56 Å². The van der Waals surface area contributed by atoms with Crippen LogP contribution in [0.3, 0.4) is 0 Å². The lowest BCUT2D eigenvalue weighted by molar-refractivity contribution is -0.136. The number of aliphatic hydroxyl groups excluding tert-OH is 1. The molecule has 0 aliphatic rings. The third kappa shape index (κ3) is 3.91. The van der Waals surface area contributed by atoms with Crippen LogP contribution in [0.5, 0.6) is 0 Å². The fourth-order valence-electron chi connectivity index (χ4n) is 1.32. The first-order chi connectivity index (χ1) is 9.08. The van der Waals surface area contributed by atoms with E-state index in [1.807, 2.05) is 4.98 Å². The standard InChI is InChI=1S/C8H10F3N3O5S/c9-8(10,11)4-14(1-2-15)20(18,19)5-3-12-7(17)13-6(5)16/h3,15H,1-2,4H2,(H2,12,13,16,17). The molecule has 0 aliphatic heterocycles. The molecule has 0 unspecified atom stereocenters. The summed E-state index contributed by atoms with van der Waals surface area (Å²) in [6, 6.07) is 0. The van der Waals surface area contributed by atoms with Gasteiger partial charge in [0, 0.05) is 12.7 Å². The van der Waals surface area contributed by atoms with Crippen LogP contribution in [0.2, 0.25) is 0 Å². The number of aliphatic hydroxyl groups is 1. The van der Waals surface area contributed by atoms with Crippen molar-refractivity contribution in [3.63, 3.8) is 0 Å². The summed E-state index contributed by atoms with van der Waals surface area (Å²) in [6.45, 7) is -3.58. The van der Waals surface area contributed by atoms with Crippen LogP contribution in [-0.4, -0.2) is 53.7 Å². The summed E-state index contributed by atoms with van der Waals surface area (Å²) in [5, 5.41) is 8.64. The number of nitrogens with zero attached hydrogens (tertiary/aromatic N) is 1. The van der Waals surface area contributed by atoms with Crippen molar-refractivity contribution in [1.29, 1.82) is 0 Å². The zero-order valence-corrected chi connectivity index (χ0v) is 10.6. The Morgan fingerprint density at radius 2 is 1.90 bits per heavy atom. The van der Waals surface area contributed by atoms with Gasteiger partial charge in [-0.05, 0) is 0 Å². The van der Waals surface area contributed by atoms with E-state index in [1.54, 1.807) is 4.98 Å². The second-order valence-corrected chi connectivity index (χ2v) is 5.52. The Labute approximate surface area is 109 Å². The lowest BCUT2D eigenvalue weighted by Crippen LogP contribution is -2.43. The van der Waals surface area contributed by atoms with Crippen LogP contribution in [0.1, 0.15) is 0 Å². The number of hydrogen-bond donors (Lipinski definition) is 3. The minimum Gasteiger partial charge on any atom is -0.395 e. The van der Waals surface area contributed by atoms with Crippen LogP contribution in [0.4, 0.5) is 13.2 Å². The number of hydrogen-bond acceptors (Lipinski definition) is 5. The SMILES string of the molecule is O=c1[nH]cc(S(=O)(=O)N(CCO)CC(F)(F)F)c(=O)[nH]1. The summed E-state index contributed by atoms with van der Waals surface area (Å²) < 4.78 is 60.6. The van der Waals surface area contributed by atoms with Crippen molar-refractivity contribution in [3.8, 4) is 0 Å². The highest BCUT2D eigenvalue weighted by Gasteiger charge is 2.37. The van der Waals surface area contributed by atoms with Gasteiger partial charge in [0.1, 0.15) is 6.54 Å². The van der Waals surface area contributed by atoms with Crippen LogP contribution < -0.4 is 11.2 Å². The van der Waals surface area contributed by atoms with Crippen LogP contribution >= 0.6 is 0 Å². The molecule has 0 aromatic carbocycles. The lowest BCUT2D eigenvalue weighted by Gasteiger charge is -2.21. The van der Waals surface area contributed by atoms with Crippen LogP contribution in [-0.2, 0) is 10.0 Å². The highest BCUT2D eigenvalue weighted by molar-refractivity contribution is 7.89. The highest BCUT2D eigenvalue weighted by atomic mass is 32.2. The molecule has 20 heavy (non-hydrogen) atoms. The molecule has 0 fully saturated rings. The van der Waals surface area contributed by atoms with Gasteiger partial charge in [0.2, 0.25) is 10.0 Å². The Bertz CT molecular complexity index is 678. The zero-order valence-electron chi connectivity index (χ0n) is 9.77. The van der Waals surface area contributed by atoms with Crippen molar-refractivity contribution in [2.75, 3.05) is 19.7 Å². The first-order valence-electron chi connectivity index (χ1n) is 5.07. The van der Waals surface area contributed by atoms with E-state index in [-0.39, 0.29) is 4.31 Å². The van der Waals surface area contributed by atoms with E-state index in [2.05, 4.69) is 0 Å². The smallest absolute Gasteiger partial charge is 0.395 e. The number of nitrogens with one attached hydrogen (secondary N) is 2. The molecule has 1 rings (SSSR count). The number of aromatic amines is 2. The molecule has 1 heterocycles. The zero-order chi connectivity index (χ0) is 15.6. The predicted molar refractivity (Wildman–Crippen MR) is 59.6 cm³/mol. The molecule has 0 aliphatic carbocycles. The van der Waals surface area contributed by atoms with Crippen molar-refractivity contribution in [3.05, 3.63) is 27.0 Å². The quantitative estimate of drug-likeness (QED) is 0.617. The fraction of sp³-hybridized carbons (Fsp3) is 0.500. The summed E-state index contributed by atoms with van der Waals surface area (Å²) in [7, 11) is -4.80. The van der Waals surface area contributed by atoms with Gasteiger partial charge < -0.3 is 10.1 Å². The van der Waals surface area contributed by atoms with Crippen molar-refractivity contribution >= 4 is 10.0 Å². The fourth-order valence-corrected chi connectivity index (χ4v) is 2.73. The summed E-state index contributed by atoms with van der Waals surface area (Å²) in [5.74, 6) is 0. The van der Waals surface area contributed by atoms with Crippen LogP contribution in [0.15, 0.2) is 20.7 Å². The van der Waals surface area contributed by atoms with Gasteiger partial charge in [0.05, 0.1) is 6.61 Å². The Balaban J connectivity index is 3.29. The predicted octanol–water partition coefficient (Wildman–Crippen LogP) is -1.39. The average molecular weight is 317 g/mol. The van der Waals surface area contributed by atoms with Gasteiger partial charge in [0.15, 0.2) is 4.90 Å². The molecule has 1 aromatic heterocycles. The molecular weight excluding hydrogens is 307 g/mol. The Hall–Kier alpha value is -1.66. The molecule has 8 nitrogen and oxygen atoms in total. The van der Waals surface area contributed by atoms with E-state index in [0.29, 0.717) is 6.20 Å². The first kappa shape index (κ1) is 16.4. The second-order valence-electron chi connectivity index (χ2n) is 3.61. The number of halogens is 3. The molecule has 0 bridgehead atoms. The van der Waals surface area contributed by atoms with E-state index in [9.17, 15) is 31.2 Å². The lowest BCUT2D eigenvalue weighted by atomic mass is 10.6. The molecule has 0 radical (unpaired) electrons. The molecule has 0 spiro atoms. The minimum absolute atomic E-state index is 0.101. The van der Waals surface area contributed by atoms with Gasteiger partial charge in [-0.25, -0.2) is 13.2 Å². The number of H-pyrrole nitrogens is 2. The summed E-state index contributed by atoms with van der Waals surface area (Å²) in [6.07, 6.45) is -4.35. The topological polar surface area (TPSA) is 123 Å². The molecule has 3 N–H and O–H groups in total. The Morgan fingerprint density at radius 3 is 2.35 bits per heavy atom. The number of sulfonamides is 1. The largest absolute Gasteiger partial charge is 0.402 e. The first-order valence-corrected chi connectivity index (χ1v) is 6.51. The van der Waals surface area contributed by atoms with E-state index in [1.165, 1.54) is 0 Å². The van der Waals surface area contributed by atoms with Gasteiger partial charge in [-0.3, -0.25) is 9.78 Å². The van der Waals surface area contributed by atoms with Crippen molar-refractivity contribution < 1.29 is 26.7 Å². The van der Waals surface area contributed by atoms with Crippen molar-refractivity contribution in [2.45, 2.75) is 11.1 Å². The summed E-state index contributed by atoms with van der Waals surface area (Å²) in [5.41, 5.74) is -2.35.